The molecule has 5 aliphatic heterocycles. The van der Waals surface area contributed by atoms with E-state index >= 15 is 8.78 Å². The van der Waals surface area contributed by atoms with Crippen molar-refractivity contribution in [3.05, 3.63) is 34.4 Å². The van der Waals surface area contributed by atoms with Gasteiger partial charge in [-0.1, -0.05) is 17.7 Å². The Labute approximate surface area is 335 Å². The molecule has 1 saturated carbocycles. The van der Waals surface area contributed by atoms with E-state index in [9.17, 15) is 22.9 Å². The van der Waals surface area contributed by atoms with Gasteiger partial charge >= 0.3 is 6.01 Å². The molecule has 57 heavy (non-hydrogen) atoms. The zero-order valence-electron chi connectivity index (χ0n) is 30.8. The lowest BCUT2D eigenvalue weighted by Gasteiger charge is -2.31. The number of sulfonamides is 1. The molecule has 0 radical (unpaired) electrons. The number of amides is 1. The maximum absolute atomic E-state index is 17.5. The fraction of sp³-hybridized carbons (Fsp3) is 0.526. The van der Waals surface area contributed by atoms with Crippen LogP contribution in [0.5, 0.6) is 11.8 Å². The summed E-state index contributed by atoms with van der Waals surface area (Å²) in [6.45, 7) is 1.96. The van der Waals surface area contributed by atoms with E-state index in [1.54, 1.807) is 4.90 Å². The Hall–Kier alpha value is -4.15. The third-order valence-corrected chi connectivity index (χ3v) is 15.3. The van der Waals surface area contributed by atoms with Crippen LogP contribution in [-0.4, -0.2) is 120 Å². The minimum absolute atomic E-state index is 0.0101. The molecule has 0 spiro atoms. The van der Waals surface area contributed by atoms with Crippen LogP contribution in [0, 0.1) is 28.9 Å². The van der Waals surface area contributed by atoms with Crippen molar-refractivity contribution in [1.29, 1.82) is 5.26 Å². The molecule has 7 heterocycles. The van der Waals surface area contributed by atoms with Crippen LogP contribution >= 0.6 is 22.9 Å². The third kappa shape index (κ3) is 5.82. The number of carbonyl (C=O) groups is 1. The highest BCUT2D eigenvalue weighted by Gasteiger charge is 2.64. The number of carbonyl (C=O) groups excluding carboxylic acids is 1. The minimum Gasteiger partial charge on any atom is -0.489 e. The maximum Gasteiger partial charge on any atom is 0.319 e. The Bertz CT molecular complexity index is 2550. The summed E-state index contributed by atoms with van der Waals surface area (Å²) in [6, 6.07) is 2.95. The first-order chi connectivity index (χ1) is 27.3. The first-order valence-electron chi connectivity index (χ1n) is 19.1. The molecule has 0 bridgehead atoms. The molecule has 2 aromatic heterocycles. The lowest BCUT2D eigenvalue weighted by Crippen LogP contribution is -2.43. The number of halogens is 4. The zero-order chi connectivity index (χ0) is 39.7. The van der Waals surface area contributed by atoms with Gasteiger partial charge in [-0.25, -0.2) is 21.6 Å². The Morgan fingerprint density at radius 2 is 1.98 bits per heavy atom. The van der Waals surface area contributed by atoms with Gasteiger partial charge in [-0.2, -0.15) is 19.5 Å². The van der Waals surface area contributed by atoms with Crippen LogP contribution in [0.2, 0.25) is 5.02 Å². The number of nitrogens with zero attached hydrogens (tertiary/aromatic N) is 7. The van der Waals surface area contributed by atoms with Gasteiger partial charge in [-0.05, 0) is 56.2 Å². The van der Waals surface area contributed by atoms with E-state index in [1.165, 1.54) is 16.4 Å². The summed E-state index contributed by atoms with van der Waals surface area (Å²) in [5, 5.41) is 10.3. The van der Waals surface area contributed by atoms with Crippen LogP contribution in [-0.2, 0) is 14.8 Å². The van der Waals surface area contributed by atoms with E-state index < -0.39 is 45.5 Å². The molecule has 1 aliphatic carbocycles. The lowest BCUT2D eigenvalue weighted by molar-refractivity contribution is -0.131. The molecule has 6 atom stereocenters. The van der Waals surface area contributed by atoms with Crippen LogP contribution < -0.4 is 20.1 Å². The molecule has 1 amide bonds. The van der Waals surface area contributed by atoms with Crippen molar-refractivity contribution >= 4 is 70.7 Å². The van der Waals surface area contributed by atoms with E-state index in [-0.39, 0.29) is 109 Å². The lowest BCUT2D eigenvalue weighted by atomic mass is 9.95. The Morgan fingerprint density at radius 1 is 1.18 bits per heavy atom. The highest BCUT2D eigenvalue weighted by atomic mass is 35.5. The third-order valence-electron chi connectivity index (χ3n) is 12.7. The van der Waals surface area contributed by atoms with Crippen molar-refractivity contribution in [1.82, 2.24) is 24.1 Å². The standard InChI is InChI=1S/C38H38ClF3N8O5S2/c1-57(52,53)50-30(18-3-4-18)31(50)36(51)47-10-7-20-16-54-32-26-29(28(42)25(27(32)39)21-5-6-23(41)33-24(21)22(14-43)34(44)56-33)45-37(46-35(26)49(20)12-11-47)55-17-38-8-2-9-48(38)15-19(40)13-38/h5-6,18-20,30-31H,2-4,7-13,15-17,44H2,1H3/t19-,20?,30?,31-,38+,50?/m1/s1. The second-order valence-electron chi connectivity index (χ2n) is 16.1. The van der Waals surface area contributed by atoms with Gasteiger partial charge in [0.1, 0.15) is 53.6 Å². The second kappa shape index (κ2) is 13.2. The molecule has 3 unspecified atom stereocenters. The summed E-state index contributed by atoms with van der Waals surface area (Å²) in [5.74, 6) is -1.21. The number of nitrogen functional groups attached to an aromatic ring is 1. The molecular weight excluding hydrogens is 805 g/mol. The number of hydrogen-bond donors (Lipinski definition) is 1. The van der Waals surface area contributed by atoms with Gasteiger partial charge < -0.3 is 25.0 Å². The number of ether oxygens (including phenoxy) is 2. The van der Waals surface area contributed by atoms with E-state index in [0.29, 0.717) is 25.9 Å². The number of aromatic nitrogens is 2. The molecular formula is C38H38ClF3N8O5S2. The predicted molar refractivity (Wildman–Crippen MR) is 208 cm³/mol. The fourth-order valence-electron chi connectivity index (χ4n) is 9.87. The van der Waals surface area contributed by atoms with E-state index in [1.807, 2.05) is 11.0 Å². The normalized spacial score (nSPS) is 28.5. The number of nitrogens with two attached hydrogens (primary N) is 1. The highest BCUT2D eigenvalue weighted by molar-refractivity contribution is 7.88. The molecule has 4 aromatic rings. The maximum atomic E-state index is 17.5. The average molecular weight is 843 g/mol. The smallest absolute Gasteiger partial charge is 0.319 e. The summed E-state index contributed by atoms with van der Waals surface area (Å²) in [6.07, 6.45) is 4.22. The quantitative estimate of drug-likeness (QED) is 0.248. The van der Waals surface area contributed by atoms with Crippen molar-refractivity contribution in [3.63, 3.8) is 0 Å². The summed E-state index contributed by atoms with van der Waals surface area (Å²) < 4.78 is 86.7. The monoisotopic (exact) mass is 842 g/mol. The first-order valence-corrected chi connectivity index (χ1v) is 22.2. The Kier molecular flexibility index (Phi) is 8.59. The topological polar surface area (TPSA) is 158 Å². The summed E-state index contributed by atoms with van der Waals surface area (Å²) in [5.41, 5.74) is 5.35. The molecule has 300 valence electrons. The number of benzene rings is 2. The number of fused-ring (bicyclic) bond motifs is 4. The molecule has 19 heteroatoms. The van der Waals surface area contributed by atoms with Gasteiger partial charge in [0, 0.05) is 43.5 Å². The number of nitriles is 1. The van der Waals surface area contributed by atoms with Crippen LogP contribution in [0.25, 0.3) is 32.1 Å². The van der Waals surface area contributed by atoms with Crippen molar-refractivity contribution in [2.75, 3.05) is 62.8 Å². The minimum atomic E-state index is -3.57. The van der Waals surface area contributed by atoms with Gasteiger partial charge in [0.2, 0.25) is 15.9 Å². The predicted octanol–water partition coefficient (Wildman–Crippen LogP) is 5.07. The average Bonchev–Trinajstić information content (AvgIpc) is 4.06. The van der Waals surface area contributed by atoms with Gasteiger partial charge in [-0.3, -0.25) is 9.69 Å². The molecule has 10 rings (SSSR count). The number of anilines is 2. The SMILES string of the molecule is CS(=O)(=O)N1C(C2CC2)[C@@H]1C(=O)N1CCC2COc3c(Cl)c(-c4ccc(F)c5sc(N)c(C#N)c45)c(F)c4nc(OC[C@@]56CCCN5C[C@H](F)C6)nc(c34)N2CC1. The van der Waals surface area contributed by atoms with Crippen LogP contribution in [0.3, 0.4) is 0 Å². The number of thiophene rings is 1. The number of hydrogen-bond acceptors (Lipinski definition) is 12. The van der Waals surface area contributed by atoms with Crippen LogP contribution in [0.1, 0.15) is 44.1 Å². The molecule has 2 aromatic carbocycles. The van der Waals surface area contributed by atoms with Gasteiger partial charge in [0.05, 0.1) is 44.6 Å². The molecule has 2 N–H and O–H groups in total. The Balaban J connectivity index is 1.08. The van der Waals surface area contributed by atoms with Gasteiger partial charge in [0.15, 0.2) is 11.6 Å². The van der Waals surface area contributed by atoms with Crippen LogP contribution in [0.4, 0.5) is 24.0 Å². The first kappa shape index (κ1) is 37.1. The van der Waals surface area contributed by atoms with Crippen LogP contribution in [0.15, 0.2) is 12.1 Å². The van der Waals surface area contributed by atoms with E-state index in [2.05, 4.69) is 9.88 Å². The van der Waals surface area contributed by atoms with E-state index in [0.717, 1.165) is 49.8 Å². The largest absolute Gasteiger partial charge is 0.489 e. The number of rotatable bonds is 7. The number of alkyl halides is 1. The van der Waals surface area contributed by atoms with Crippen molar-refractivity contribution in [3.8, 4) is 29.0 Å². The Morgan fingerprint density at radius 3 is 2.74 bits per heavy atom. The highest BCUT2D eigenvalue weighted by Crippen LogP contribution is 2.52. The summed E-state index contributed by atoms with van der Waals surface area (Å²) >= 11 is 8.00. The van der Waals surface area contributed by atoms with Crippen molar-refractivity contribution in [2.45, 2.75) is 68.4 Å². The van der Waals surface area contributed by atoms with Gasteiger partial charge in [-0.15, -0.1) is 11.3 Å². The zero-order valence-corrected chi connectivity index (χ0v) is 33.2. The molecule has 5 fully saturated rings. The van der Waals surface area contributed by atoms with Crippen molar-refractivity contribution < 1.29 is 35.9 Å². The molecule has 6 aliphatic rings. The summed E-state index contributed by atoms with van der Waals surface area (Å²) in [4.78, 5) is 29.1. The molecule has 13 nitrogen and oxygen atoms in total. The van der Waals surface area contributed by atoms with E-state index in [4.69, 9.17) is 31.8 Å². The van der Waals surface area contributed by atoms with Gasteiger partial charge in [0.25, 0.3) is 0 Å². The summed E-state index contributed by atoms with van der Waals surface area (Å²) in [7, 11) is -3.57. The second-order valence-corrected chi connectivity index (χ2v) is 19.5. The van der Waals surface area contributed by atoms with Crippen molar-refractivity contribution in [2.24, 2.45) is 5.92 Å². The fourth-order valence-corrected chi connectivity index (χ4v) is 12.5. The molecule has 4 saturated heterocycles.